The van der Waals surface area contributed by atoms with E-state index in [1.54, 1.807) is 13.0 Å². The minimum absolute atomic E-state index is 0. The highest BCUT2D eigenvalue weighted by atomic mass is 35.5. The molecule has 14 heteroatoms. The molecular formula is C23H30Cl2N6O5S. The maximum atomic E-state index is 12.8. The fraction of sp³-hybridized carbons (Fsp3) is 0.435. The predicted octanol–water partition coefficient (Wildman–Crippen LogP) is 2.57. The van der Waals surface area contributed by atoms with Gasteiger partial charge in [0.25, 0.3) is 0 Å². The lowest BCUT2D eigenvalue weighted by Crippen LogP contribution is -2.34. The summed E-state index contributed by atoms with van der Waals surface area (Å²) in [5, 5.41) is 14.4. The van der Waals surface area contributed by atoms with Gasteiger partial charge in [0.05, 0.1) is 74.4 Å². The average molecular weight is 574 g/mol. The van der Waals surface area contributed by atoms with Crippen molar-refractivity contribution in [2.24, 2.45) is 21.7 Å². The smallest absolute Gasteiger partial charge is 0.339 e. The zero-order valence-electron chi connectivity index (χ0n) is 20.3. The Labute approximate surface area is 230 Å². The van der Waals surface area contributed by atoms with Crippen LogP contribution in [0.1, 0.15) is 27.9 Å². The molecular weight excluding hydrogens is 543 g/mol. The number of fused-ring (bicyclic) bond motifs is 3. The molecule has 2 fully saturated rings. The van der Waals surface area contributed by atoms with Crippen LogP contribution in [0.25, 0.3) is 21.1 Å². The number of hydrogen-bond donors (Lipinski definition) is 2. The van der Waals surface area contributed by atoms with Gasteiger partial charge >= 0.3 is 5.97 Å². The number of furan rings is 1. The summed E-state index contributed by atoms with van der Waals surface area (Å²) >= 11 is 1.40. The van der Waals surface area contributed by atoms with Gasteiger partial charge in [0.1, 0.15) is 5.58 Å². The number of carbonyl (C=O) groups is 1. The van der Waals surface area contributed by atoms with Gasteiger partial charge in [-0.2, -0.15) is 10.2 Å². The first kappa shape index (κ1) is 28.8. The third-order valence-corrected chi connectivity index (χ3v) is 6.97. The Morgan fingerprint density at radius 2 is 1.54 bits per heavy atom. The number of esters is 1. The van der Waals surface area contributed by atoms with Crippen LogP contribution in [0.2, 0.25) is 0 Å². The van der Waals surface area contributed by atoms with E-state index in [9.17, 15) is 4.79 Å². The molecule has 0 radical (unpaired) electrons. The van der Waals surface area contributed by atoms with E-state index in [-0.39, 0.29) is 37.3 Å². The third-order valence-electron chi connectivity index (χ3n) is 5.78. The van der Waals surface area contributed by atoms with Crippen molar-refractivity contribution in [3.05, 3.63) is 34.4 Å². The van der Waals surface area contributed by atoms with Crippen LogP contribution in [0.15, 0.2) is 32.8 Å². The number of hydrazone groups is 2. The molecule has 0 unspecified atom stereocenters. The summed E-state index contributed by atoms with van der Waals surface area (Å²) in [6.45, 7) is 7.14. The van der Waals surface area contributed by atoms with E-state index in [2.05, 4.69) is 10.2 Å². The summed E-state index contributed by atoms with van der Waals surface area (Å²) in [5.41, 5.74) is 13.6. The number of nitrogens with zero attached hydrogens (tertiary/aromatic N) is 4. The Balaban J connectivity index is 0.00000190. The van der Waals surface area contributed by atoms with Gasteiger partial charge in [-0.1, -0.05) is 0 Å². The molecule has 5 rings (SSSR count). The van der Waals surface area contributed by atoms with Gasteiger partial charge in [-0.05, 0) is 25.1 Å². The number of carbonyl (C=O) groups excluding carboxylic acids is 1. The number of amidine groups is 2. The standard InChI is InChI=1S/C23H28N6O5S.2ClH/c1-2-33-23(30)16-12-17-14(11-18(34-17)21(24)26-28-3-7-31-8-4-28)15-13-19(35-20(15)16)22(25)27-29-5-9-32-10-6-29;;/h11-13H,2-10H2,1H3,(H2,24,26)(H2,25,27);2*1H. The van der Waals surface area contributed by atoms with Crippen LogP contribution < -0.4 is 11.5 Å². The molecule has 0 bridgehead atoms. The van der Waals surface area contributed by atoms with E-state index >= 15 is 0 Å². The largest absolute Gasteiger partial charge is 0.462 e. The van der Waals surface area contributed by atoms with Crippen LogP contribution >= 0.6 is 36.2 Å². The van der Waals surface area contributed by atoms with Gasteiger partial charge in [0.2, 0.25) is 0 Å². The molecule has 1 aromatic carbocycles. The van der Waals surface area contributed by atoms with Gasteiger partial charge in [0, 0.05) is 10.8 Å². The first-order chi connectivity index (χ1) is 17.0. The van der Waals surface area contributed by atoms with Gasteiger partial charge in [-0.15, -0.1) is 36.2 Å². The topological polar surface area (TPSA) is 141 Å². The number of hydrogen-bond acceptors (Lipinski definition) is 10. The van der Waals surface area contributed by atoms with Gasteiger partial charge in [0.15, 0.2) is 17.4 Å². The lowest BCUT2D eigenvalue weighted by molar-refractivity contribution is 0.0392. The summed E-state index contributed by atoms with van der Waals surface area (Å²) in [6, 6.07) is 5.47. The highest BCUT2D eigenvalue weighted by Crippen LogP contribution is 2.37. The number of thiophene rings is 1. The second-order valence-electron chi connectivity index (χ2n) is 8.12. The van der Waals surface area contributed by atoms with Crippen molar-refractivity contribution in [3.8, 4) is 0 Å². The Kier molecular flexibility index (Phi) is 9.85. The van der Waals surface area contributed by atoms with E-state index in [1.165, 1.54) is 11.3 Å². The number of benzene rings is 1. The molecule has 0 aliphatic carbocycles. The predicted molar refractivity (Wildman–Crippen MR) is 148 cm³/mol. The lowest BCUT2D eigenvalue weighted by atomic mass is 10.1. The Morgan fingerprint density at radius 1 is 0.946 bits per heavy atom. The van der Waals surface area contributed by atoms with Crippen molar-refractivity contribution < 1.29 is 23.4 Å². The van der Waals surface area contributed by atoms with Crippen LogP contribution in [0.5, 0.6) is 0 Å². The molecule has 3 aromatic rings. The number of nitrogens with two attached hydrogens (primary N) is 2. The van der Waals surface area contributed by atoms with Gasteiger partial charge in [-0.3, -0.25) is 10.0 Å². The first-order valence-corrected chi connectivity index (χ1v) is 12.4. The minimum Gasteiger partial charge on any atom is -0.462 e. The van der Waals surface area contributed by atoms with Crippen LogP contribution in [-0.4, -0.2) is 86.9 Å². The number of ether oxygens (including phenoxy) is 3. The molecule has 2 aliphatic rings. The molecule has 0 amide bonds. The quantitative estimate of drug-likeness (QED) is 0.259. The maximum absolute atomic E-state index is 12.8. The van der Waals surface area contributed by atoms with Crippen molar-refractivity contribution in [2.75, 3.05) is 59.2 Å². The minimum atomic E-state index is -0.426. The molecule has 2 saturated heterocycles. The Bertz CT molecular complexity index is 1300. The molecule has 2 aromatic heterocycles. The summed E-state index contributed by atoms with van der Waals surface area (Å²) in [4.78, 5) is 13.5. The number of halogens is 2. The molecule has 4 N–H and O–H groups in total. The Hall–Kier alpha value is -2.77. The highest BCUT2D eigenvalue weighted by molar-refractivity contribution is 7.21. The van der Waals surface area contributed by atoms with Crippen molar-refractivity contribution in [1.29, 1.82) is 0 Å². The monoisotopic (exact) mass is 572 g/mol. The molecule has 0 atom stereocenters. The zero-order valence-corrected chi connectivity index (χ0v) is 22.8. The van der Waals surface area contributed by atoms with Crippen LogP contribution in [0.3, 0.4) is 0 Å². The molecule has 11 nitrogen and oxygen atoms in total. The molecule has 4 heterocycles. The number of morpholine rings is 2. The van der Waals surface area contributed by atoms with Crippen LogP contribution in [0, 0.1) is 0 Å². The van der Waals surface area contributed by atoms with Crippen molar-refractivity contribution in [3.63, 3.8) is 0 Å². The fourth-order valence-electron chi connectivity index (χ4n) is 4.03. The van der Waals surface area contributed by atoms with E-state index < -0.39 is 5.97 Å². The summed E-state index contributed by atoms with van der Waals surface area (Å²) in [5.74, 6) is 0.645. The fourth-order valence-corrected chi connectivity index (χ4v) is 5.11. The first-order valence-electron chi connectivity index (χ1n) is 11.5. The van der Waals surface area contributed by atoms with Crippen LogP contribution in [-0.2, 0) is 14.2 Å². The van der Waals surface area contributed by atoms with Gasteiger partial charge in [-0.25, -0.2) is 4.79 Å². The van der Waals surface area contributed by atoms with Gasteiger partial charge < -0.3 is 30.1 Å². The van der Waals surface area contributed by atoms with E-state index in [1.807, 2.05) is 22.2 Å². The molecule has 0 saturated carbocycles. The second kappa shape index (κ2) is 12.7. The van der Waals surface area contributed by atoms with Crippen molar-refractivity contribution in [2.45, 2.75) is 6.92 Å². The second-order valence-corrected chi connectivity index (χ2v) is 9.18. The van der Waals surface area contributed by atoms with Crippen molar-refractivity contribution in [1.82, 2.24) is 10.0 Å². The highest BCUT2D eigenvalue weighted by Gasteiger charge is 2.22. The van der Waals surface area contributed by atoms with Crippen molar-refractivity contribution >= 4 is 74.8 Å². The van der Waals surface area contributed by atoms with E-state index in [0.717, 1.165) is 20.3 Å². The van der Waals surface area contributed by atoms with E-state index in [0.29, 0.717) is 75.3 Å². The molecule has 37 heavy (non-hydrogen) atoms. The third kappa shape index (κ3) is 6.21. The summed E-state index contributed by atoms with van der Waals surface area (Å²) < 4.78 is 22.8. The molecule has 202 valence electrons. The SMILES string of the molecule is CCOC(=O)c1cc2oc(/C(N)=N\N3CCOCC3)cc2c2cc(/C(N)=N\N3CCOCC3)sc12.Cl.Cl. The molecule has 2 aliphatic heterocycles. The zero-order chi connectivity index (χ0) is 24.4. The average Bonchev–Trinajstić information content (AvgIpc) is 3.50. The lowest BCUT2D eigenvalue weighted by Gasteiger charge is -2.24. The maximum Gasteiger partial charge on any atom is 0.339 e. The normalized spacial score (nSPS) is 17.0. The summed E-state index contributed by atoms with van der Waals surface area (Å²) in [7, 11) is 0. The number of rotatable bonds is 6. The van der Waals surface area contributed by atoms with Crippen LogP contribution in [0.4, 0.5) is 0 Å². The molecule has 0 spiro atoms. The summed E-state index contributed by atoms with van der Waals surface area (Å²) in [6.07, 6.45) is 0. The van der Waals surface area contributed by atoms with E-state index in [4.69, 9.17) is 30.1 Å². The Morgan fingerprint density at radius 3 is 2.14 bits per heavy atom.